The van der Waals surface area contributed by atoms with Crippen LogP contribution in [0, 0.1) is 5.82 Å². The predicted molar refractivity (Wildman–Crippen MR) is 102 cm³/mol. The van der Waals surface area contributed by atoms with E-state index in [1.807, 2.05) is 18.2 Å². The van der Waals surface area contributed by atoms with Crippen LogP contribution in [0.5, 0.6) is 17.2 Å². The van der Waals surface area contributed by atoms with Crippen molar-refractivity contribution in [1.29, 1.82) is 0 Å². The highest BCUT2D eigenvalue weighted by molar-refractivity contribution is 7.16. The third-order valence-electron chi connectivity index (χ3n) is 4.08. The molecule has 0 radical (unpaired) electrons. The number of rotatable bonds is 7. The Morgan fingerprint density at radius 1 is 1.00 bits per heavy atom. The Labute approximate surface area is 164 Å². The van der Waals surface area contributed by atoms with Gasteiger partial charge in [0.15, 0.2) is 22.3 Å². The van der Waals surface area contributed by atoms with E-state index in [1.165, 1.54) is 23.5 Å². The van der Waals surface area contributed by atoms with Gasteiger partial charge in [-0.25, -0.2) is 4.39 Å². The molecular formula is C19H17FN4O3S. The maximum absolute atomic E-state index is 13.0. The monoisotopic (exact) mass is 400 g/mol. The number of benzene rings is 2. The molecule has 4 rings (SSSR count). The number of nitrogens with zero attached hydrogens (tertiary/aromatic N) is 4. The van der Waals surface area contributed by atoms with Crippen LogP contribution < -0.4 is 14.2 Å². The Morgan fingerprint density at radius 2 is 1.79 bits per heavy atom. The van der Waals surface area contributed by atoms with Crippen LogP contribution in [-0.4, -0.2) is 34.0 Å². The maximum atomic E-state index is 13.0. The van der Waals surface area contributed by atoms with Gasteiger partial charge in [0.25, 0.3) is 0 Å². The van der Waals surface area contributed by atoms with E-state index in [9.17, 15) is 4.39 Å². The molecule has 2 aromatic carbocycles. The minimum absolute atomic E-state index is 0.273. The lowest BCUT2D eigenvalue weighted by Crippen LogP contribution is -2.01. The Hall–Kier alpha value is -3.20. The summed E-state index contributed by atoms with van der Waals surface area (Å²) in [6, 6.07) is 11.6. The summed E-state index contributed by atoms with van der Waals surface area (Å²) in [5, 5.41) is 13.7. The lowest BCUT2D eigenvalue weighted by Gasteiger charge is -2.08. The van der Waals surface area contributed by atoms with Crippen molar-refractivity contribution in [2.75, 3.05) is 14.2 Å². The lowest BCUT2D eigenvalue weighted by atomic mass is 10.1. The van der Waals surface area contributed by atoms with Gasteiger partial charge >= 0.3 is 0 Å². The molecule has 2 heterocycles. The molecule has 0 unspecified atom stereocenters. The first-order valence-electron chi connectivity index (χ1n) is 8.45. The van der Waals surface area contributed by atoms with Crippen molar-refractivity contribution in [3.8, 4) is 17.2 Å². The molecule has 2 aromatic heterocycles. The van der Waals surface area contributed by atoms with Crippen LogP contribution in [-0.2, 0) is 13.0 Å². The Kier molecular flexibility index (Phi) is 5.07. The molecule has 0 fully saturated rings. The minimum atomic E-state index is -0.300. The summed E-state index contributed by atoms with van der Waals surface area (Å²) in [5.74, 6) is 2.33. The fourth-order valence-electron chi connectivity index (χ4n) is 2.71. The molecule has 0 bridgehead atoms. The number of halogens is 1. The fourth-order valence-corrected chi connectivity index (χ4v) is 3.48. The number of fused-ring (bicyclic) bond motifs is 1. The molecule has 4 aromatic rings. The van der Waals surface area contributed by atoms with Crippen LogP contribution in [0.3, 0.4) is 0 Å². The molecule has 9 heteroatoms. The first kappa shape index (κ1) is 18.2. The number of hydrogen-bond acceptors (Lipinski definition) is 7. The van der Waals surface area contributed by atoms with Crippen molar-refractivity contribution < 1.29 is 18.6 Å². The standard InChI is InChI=1S/C19H17FN4O3S/c1-25-15-8-3-12(9-16(15)26-2)10-17-21-22-19-24(17)23-18(28-19)11-27-14-6-4-13(20)5-7-14/h3-9H,10-11H2,1-2H3. The van der Waals surface area contributed by atoms with Crippen molar-refractivity contribution in [2.45, 2.75) is 13.0 Å². The molecule has 144 valence electrons. The highest BCUT2D eigenvalue weighted by atomic mass is 32.1. The molecule has 7 nitrogen and oxygen atoms in total. The summed E-state index contributed by atoms with van der Waals surface area (Å²) in [6.07, 6.45) is 0.545. The van der Waals surface area contributed by atoms with E-state index in [2.05, 4.69) is 15.3 Å². The first-order valence-corrected chi connectivity index (χ1v) is 9.27. The molecule has 0 aliphatic carbocycles. The van der Waals surface area contributed by atoms with Crippen LogP contribution in [0.15, 0.2) is 42.5 Å². The highest BCUT2D eigenvalue weighted by Gasteiger charge is 2.14. The van der Waals surface area contributed by atoms with Crippen LogP contribution in [0.1, 0.15) is 16.4 Å². The number of methoxy groups -OCH3 is 2. The van der Waals surface area contributed by atoms with Crippen molar-refractivity contribution in [2.24, 2.45) is 0 Å². The van der Waals surface area contributed by atoms with E-state index in [4.69, 9.17) is 14.2 Å². The third kappa shape index (κ3) is 3.74. The van der Waals surface area contributed by atoms with Crippen molar-refractivity contribution >= 4 is 16.3 Å². The van der Waals surface area contributed by atoms with Crippen LogP contribution in [0.25, 0.3) is 4.96 Å². The number of hydrogen-bond donors (Lipinski definition) is 0. The third-order valence-corrected chi connectivity index (χ3v) is 4.96. The second-order valence-corrected chi connectivity index (χ2v) is 6.96. The topological polar surface area (TPSA) is 70.8 Å². The SMILES string of the molecule is COc1ccc(Cc2nnc3sc(COc4ccc(F)cc4)nn23)cc1OC. The molecule has 0 aliphatic rings. The predicted octanol–water partition coefficient (Wildman–Crippen LogP) is 3.51. The van der Waals surface area contributed by atoms with Crippen LogP contribution >= 0.6 is 11.3 Å². The number of aromatic nitrogens is 4. The second kappa shape index (κ2) is 7.81. The van der Waals surface area contributed by atoms with Crippen molar-refractivity contribution in [3.63, 3.8) is 0 Å². The summed E-state index contributed by atoms with van der Waals surface area (Å²) >= 11 is 1.40. The molecule has 0 saturated carbocycles. The largest absolute Gasteiger partial charge is 0.493 e. The lowest BCUT2D eigenvalue weighted by molar-refractivity contribution is 0.303. The zero-order valence-electron chi connectivity index (χ0n) is 15.3. The molecule has 28 heavy (non-hydrogen) atoms. The van der Waals surface area contributed by atoms with Gasteiger partial charge in [-0.15, -0.1) is 10.2 Å². The maximum Gasteiger partial charge on any atom is 0.234 e. The summed E-state index contributed by atoms with van der Waals surface area (Å²) in [7, 11) is 3.20. The van der Waals surface area contributed by atoms with Gasteiger partial charge in [0.05, 0.1) is 14.2 Å². The van der Waals surface area contributed by atoms with E-state index < -0.39 is 0 Å². The zero-order valence-corrected chi connectivity index (χ0v) is 16.1. The van der Waals surface area contributed by atoms with Crippen molar-refractivity contribution in [1.82, 2.24) is 19.8 Å². The van der Waals surface area contributed by atoms with Crippen LogP contribution in [0.2, 0.25) is 0 Å². The molecule has 0 N–H and O–H groups in total. The van der Waals surface area contributed by atoms with Crippen molar-refractivity contribution in [3.05, 3.63) is 64.7 Å². The van der Waals surface area contributed by atoms with E-state index in [-0.39, 0.29) is 12.4 Å². The molecular weight excluding hydrogens is 383 g/mol. The Balaban J connectivity index is 1.50. The molecule has 0 atom stereocenters. The fraction of sp³-hybridized carbons (Fsp3) is 0.211. The van der Waals surface area contributed by atoms with E-state index in [1.54, 1.807) is 30.9 Å². The van der Waals surface area contributed by atoms with E-state index in [0.29, 0.717) is 34.5 Å². The van der Waals surface area contributed by atoms with Gasteiger partial charge in [-0.05, 0) is 42.0 Å². The molecule has 0 amide bonds. The second-order valence-electron chi connectivity index (χ2n) is 5.92. The average Bonchev–Trinajstić information content (AvgIpc) is 3.29. The van der Waals surface area contributed by atoms with Gasteiger partial charge in [-0.3, -0.25) is 0 Å². The average molecular weight is 400 g/mol. The Morgan fingerprint density at radius 3 is 2.54 bits per heavy atom. The van der Waals surface area contributed by atoms with Gasteiger partial charge in [0.1, 0.15) is 18.2 Å². The van der Waals surface area contributed by atoms with Gasteiger partial charge in [0.2, 0.25) is 4.96 Å². The summed E-state index contributed by atoms with van der Waals surface area (Å²) in [4.78, 5) is 0.688. The van der Waals surface area contributed by atoms with Gasteiger partial charge in [-0.2, -0.15) is 9.61 Å². The smallest absolute Gasteiger partial charge is 0.234 e. The normalized spacial score (nSPS) is 11.0. The molecule has 0 saturated heterocycles. The van der Waals surface area contributed by atoms with Crippen LogP contribution in [0.4, 0.5) is 4.39 Å². The Bertz CT molecular complexity index is 1090. The number of ether oxygens (including phenoxy) is 3. The summed E-state index contributed by atoms with van der Waals surface area (Å²) in [6.45, 7) is 0.273. The highest BCUT2D eigenvalue weighted by Crippen LogP contribution is 2.28. The molecule has 0 aliphatic heterocycles. The first-order chi connectivity index (χ1) is 13.7. The summed E-state index contributed by atoms with van der Waals surface area (Å²) in [5.41, 5.74) is 1.00. The minimum Gasteiger partial charge on any atom is -0.493 e. The van der Waals surface area contributed by atoms with E-state index >= 15 is 0 Å². The van der Waals surface area contributed by atoms with Gasteiger partial charge in [0, 0.05) is 6.42 Å². The molecule has 0 spiro atoms. The van der Waals surface area contributed by atoms with Gasteiger partial charge < -0.3 is 14.2 Å². The van der Waals surface area contributed by atoms with Gasteiger partial charge in [-0.1, -0.05) is 17.4 Å². The zero-order chi connectivity index (χ0) is 19.5. The quantitative estimate of drug-likeness (QED) is 0.473. The summed E-state index contributed by atoms with van der Waals surface area (Å²) < 4.78 is 30.9. The van der Waals surface area contributed by atoms with E-state index in [0.717, 1.165) is 10.6 Å².